The predicted octanol–water partition coefficient (Wildman–Crippen LogP) is 3.93. The molecule has 152 valence electrons. The zero-order valence-electron chi connectivity index (χ0n) is 16.7. The quantitative estimate of drug-likeness (QED) is 0.476. The highest BCUT2D eigenvalue weighted by molar-refractivity contribution is 6.12. The third-order valence-corrected chi connectivity index (χ3v) is 4.98. The standard InChI is InChI=1S/C24H21FNO4/c1-28-21-8-7-19-20(24(21)29-2)15-30-22(23(19)27)13-16-9-11-26(12-10-16)14-17-3-5-18(25)6-4-17/h3-13H,14-15H2,1-2H3/q+1. The topological polar surface area (TPSA) is 48.6 Å². The van der Waals surface area contributed by atoms with Crippen LogP contribution in [0.25, 0.3) is 6.08 Å². The van der Waals surface area contributed by atoms with Crippen molar-refractivity contribution >= 4 is 11.9 Å². The van der Waals surface area contributed by atoms with E-state index in [9.17, 15) is 9.18 Å². The number of carbonyl (C=O) groups excluding carboxylic acids is 1. The van der Waals surface area contributed by atoms with Gasteiger partial charge in [0.2, 0.25) is 5.78 Å². The fourth-order valence-electron chi connectivity index (χ4n) is 3.42. The van der Waals surface area contributed by atoms with Gasteiger partial charge in [-0.25, -0.2) is 8.96 Å². The molecule has 4 rings (SSSR count). The van der Waals surface area contributed by atoms with Crippen molar-refractivity contribution in [3.63, 3.8) is 0 Å². The first-order chi connectivity index (χ1) is 14.6. The molecule has 3 aromatic rings. The third kappa shape index (κ3) is 3.89. The van der Waals surface area contributed by atoms with Crippen LogP contribution in [0, 0.1) is 5.82 Å². The molecule has 0 saturated heterocycles. The van der Waals surface area contributed by atoms with Crippen LogP contribution >= 0.6 is 0 Å². The van der Waals surface area contributed by atoms with Gasteiger partial charge >= 0.3 is 0 Å². The molecule has 0 aliphatic carbocycles. The first-order valence-corrected chi connectivity index (χ1v) is 9.45. The van der Waals surface area contributed by atoms with Crippen molar-refractivity contribution in [1.82, 2.24) is 0 Å². The summed E-state index contributed by atoms with van der Waals surface area (Å²) in [6.07, 6.45) is 5.54. The SMILES string of the molecule is COc1ccc2c(c1OC)COC(=Cc1cc[n+](Cc3ccc(F)cc3)cc1)C2=O. The molecular formula is C24H21FNO4+. The van der Waals surface area contributed by atoms with Gasteiger partial charge in [-0.05, 0) is 48.0 Å². The Morgan fingerprint density at radius 1 is 1.03 bits per heavy atom. The normalized spacial score (nSPS) is 14.2. The van der Waals surface area contributed by atoms with Crippen molar-refractivity contribution < 1.29 is 28.0 Å². The maximum Gasteiger partial charge on any atom is 0.228 e. The van der Waals surface area contributed by atoms with Gasteiger partial charge in [0, 0.05) is 28.8 Å². The van der Waals surface area contributed by atoms with Crippen molar-refractivity contribution in [2.75, 3.05) is 14.2 Å². The molecule has 0 spiro atoms. The monoisotopic (exact) mass is 406 g/mol. The highest BCUT2D eigenvalue weighted by Crippen LogP contribution is 2.37. The van der Waals surface area contributed by atoms with Gasteiger partial charge in [-0.15, -0.1) is 0 Å². The lowest BCUT2D eigenvalue weighted by Crippen LogP contribution is -2.33. The minimum atomic E-state index is -0.250. The van der Waals surface area contributed by atoms with Crippen LogP contribution in [-0.4, -0.2) is 20.0 Å². The zero-order chi connectivity index (χ0) is 21.1. The molecule has 1 aromatic heterocycles. The number of fused-ring (bicyclic) bond motifs is 1. The first kappa shape index (κ1) is 19.6. The summed E-state index contributed by atoms with van der Waals surface area (Å²) in [6, 6.07) is 13.7. The summed E-state index contributed by atoms with van der Waals surface area (Å²) in [5.41, 5.74) is 3.08. The molecule has 1 aliphatic rings. The van der Waals surface area contributed by atoms with Crippen molar-refractivity contribution in [2.45, 2.75) is 13.2 Å². The third-order valence-electron chi connectivity index (χ3n) is 4.98. The van der Waals surface area contributed by atoms with Crippen molar-refractivity contribution in [3.05, 3.63) is 94.8 Å². The van der Waals surface area contributed by atoms with E-state index in [0.29, 0.717) is 29.2 Å². The summed E-state index contributed by atoms with van der Waals surface area (Å²) in [5.74, 6) is 0.921. The largest absolute Gasteiger partial charge is 0.493 e. The molecule has 0 bridgehead atoms. The Labute approximate surface area is 174 Å². The molecular weight excluding hydrogens is 385 g/mol. The molecule has 2 aromatic carbocycles. The number of ketones is 1. The maximum atomic E-state index is 13.0. The molecule has 30 heavy (non-hydrogen) atoms. The number of pyridine rings is 1. The van der Waals surface area contributed by atoms with Gasteiger partial charge in [-0.1, -0.05) is 0 Å². The number of Topliss-reactive ketones (excluding diaryl/α,β-unsaturated/α-hetero) is 1. The highest BCUT2D eigenvalue weighted by atomic mass is 19.1. The predicted molar refractivity (Wildman–Crippen MR) is 109 cm³/mol. The number of hydrogen-bond donors (Lipinski definition) is 0. The lowest BCUT2D eigenvalue weighted by atomic mass is 9.98. The summed E-state index contributed by atoms with van der Waals surface area (Å²) in [6.45, 7) is 0.853. The van der Waals surface area contributed by atoms with Gasteiger partial charge < -0.3 is 14.2 Å². The fraction of sp³-hybridized carbons (Fsp3) is 0.167. The molecule has 5 nitrogen and oxygen atoms in total. The number of halogens is 1. The number of nitrogens with zero attached hydrogens (tertiary/aromatic N) is 1. The van der Waals surface area contributed by atoms with Crippen molar-refractivity contribution in [3.8, 4) is 11.5 Å². The van der Waals surface area contributed by atoms with E-state index in [4.69, 9.17) is 14.2 Å². The highest BCUT2D eigenvalue weighted by Gasteiger charge is 2.28. The van der Waals surface area contributed by atoms with E-state index < -0.39 is 0 Å². The molecule has 0 atom stereocenters. The second kappa shape index (κ2) is 8.37. The first-order valence-electron chi connectivity index (χ1n) is 9.45. The molecule has 0 unspecified atom stereocenters. The minimum absolute atomic E-state index is 0.194. The number of aromatic nitrogens is 1. The fourth-order valence-corrected chi connectivity index (χ4v) is 3.42. The smallest absolute Gasteiger partial charge is 0.228 e. The van der Waals surface area contributed by atoms with Crippen LogP contribution in [0.4, 0.5) is 4.39 Å². The number of hydrogen-bond acceptors (Lipinski definition) is 4. The number of rotatable bonds is 5. The summed E-state index contributed by atoms with van der Waals surface area (Å²) in [4.78, 5) is 12.9. The lowest BCUT2D eigenvalue weighted by Gasteiger charge is -2.22. The van der Waals surface area contributed by atoms with Crippen LogP contribution in [0.2, 0.25) is 0 Å². The molecule has 0 amide bonds. The number of carbonyl (C=O) groups is 1. The van der Waals surface area contributed by atoms with Gasteiger partial charge in [0.1, 0.15) is 12.4 Å². The Balaban J connectivity index is 1.54. The Kier molecular flexibility index (Phi) is 5.48. The van der Waals surface area contributed by atoms with Crippen LogP contribution in [0.3, 0.4) is 0 Å². The van der Waals surface area contributed by atoms with E-state index in [0.717, 1.165) is 11.1 Å². The van der Waals surface area contributed by atoms with E-state index >= 15 is 0 Å². The number of ether oxygens (including phenoxy) is 3. The summed E-state index contributed by atoms with van der Waals surface area (Å²) in [7, 11) is 3.10. The molecule has 0 radical (unpaired) electrons. The maximum absolute atomic E-state index is 13.0. The second-order valence-corrected chi connectivity index (χ2v) is 6.88. The van der Waals surface area contributed by atoms with E-state index in [1.54, 1.807) is 44.6 Å². The van der Waals surface area contributed by atoms with E-state index in [1.807, 2.05) is 29.1 Å². The molecule has 0 fully saturated rings. The van der Waals surface area contributed by atoms with E-state index in [1.165, 1.54) is 12.1 Å². The Hall–Kier alpha value is -3.67. The summed E-state index contributed by atoms with van der Waals surface area (Å²) < 4.78 is 31.4. The Bertz CT molecular complexity index is 1110. The van der Waals surface area contributed by atoms with Gasteiger partial charge in [-0.2, -0.15) is 0 Å². The van der Waals surface area contributed by atoms with Crippen LogP contribution in [-0.2, 0) is 17.9 Å². The minimum Gasteiger partial charge on any atom is -0.493 e. The molecule has 6 heteroatoms. The second-order valence-electron chi connectivity index (χ2n) is 6.88. The van der Waals surface area contributed by atoms with Crippen molar-refractivity contribution in [2.24, 2.45) is 0 Å². The zero-order valence-corrected chi connectivity index (χ0v) is 16.7. The molecule has 0 N–H and O–H groups in total. The van der Waals surface area contributed by atoms with E-state index in [-0.39, 0.29) is 24.0 Å². The van der Waals surface area contributed by atoms with E-state index in [2.05, 4.69) is 0 Å². The number of methoxy groups -OCH3 is 2. The van der Waals surface area contributed by atoms with Gasteiger partial charge in [0.25, 0.3) is 0 Å². The van der Waals surface area contributed by atoms with Crippen LogP contribution < -0.4 is 14.0 Å². The lowest BCUT2D eigenvalue weighted by molar-refractivity contribution is -0.688. The van der Waals surface area contributed by atoms with Crippen molar-refractivity contribution in [1.29, 1.82) is 0 Å². The summed E-state index contributed by atoms with van der Waals surface area (Å²) >= 11 is 0. The van der Waals surface area contributed by atoms with Crippen LogP contribution in [0.5, 0.6) is 11.5 Å². The molecule has 2 heterocycles. The Morgan fingerprint density at radius 2 is 1.77 bits per heavy atom. The average molecular weight is 406 g/mol. The summed E-state index contributed by atoms with van der Waals surface area (Å²) in [5, 5.41) is 0. The number of allylic oxidation sites excluding steroid dienone is 1. The van der Waals surface area contributed by atoms with Crippen LogP contribution in [0.1, 0.15) is 27.0 Å². The molecule has 1 aliphatic heterocycles. The van der Waals surface area contributed by atoms with Crippen LogP contribution in [0.15, 0.2) is 66.7 Å². The van der Waals surface area contributed by atoms with Gasteiger partial charge in [0.15, 0.2) is 36.2 Å². The number of benzene rings is 2. The molecule has 0 saturated carbocycles. The average Bonchev–Trinajstić information content (AvgIpc) is 2.77. The van der Waals surface area contributed by atoms with Gasteiger partial charge in [0.05, 0.1) is 14.2 Å². The Morgan fingerprint density at radius 3 is 2.43 bits per heavy atom. The van der Waals surface area contributed by atoms with Gasteiger partial charge in [-0.3, -0.25) is 4.79 Å².